The van der Waals surface area contributed by atoms with E-state index in [0.717, 1.165) is 11.6 Å². The van der Waals surface area contributed by atoms with E-state index in [9.17, 15) is 9.18 Å². The van der Waals surface area contributed by atoms with E-state index in [1.165, 1.54) is 23.5 Å². The third-order valence-corrected chi connectivity index (χ3v) is 4.84. The second kappa shape index (κ2) is 8.37. The lowest BCUT2D eigenvalue weighted by molar-refractivity contribution is 0.0463. The first kappa shape index (κ1) is 19.1. The summed E-state index contributed by atoms with van der Waals surface area (Å²) >= 11 is 7.17. The van der Waals surface area contributed by atoms with Gasteiger partial charge in [-0.05, 0) is 30.3 Å². The summed E-state index contributed by atoms with van der Waals surface area (Å²) in [7, 11) is 3.11. The summed E-state index contributed by atoms with van der Waals surface area (Å²) in [5.74, 6) is -0.332. The van der Waals surface area contributed by atoms with Gasteiger partial charge in [0, 0.05) is 10.4 Å². The van der Waals surface area contributed by atoms with Gasteiger partial charge in [-0.25, -0.2) is 14.2 Å². The summed E-state index contributed by atoms with van der Waals surface area (Å²) < 4.78 is 29.6. The Kier molecular flexibility index (Phi) is 5.93. The SMILES string of the molecule is COc1cccc(-c2nc(COC(=O)c3cc(Cl)ccc3F)cs2)c1OC. The number of nitrogens with zero attached hydrogens (tertiary/aromatic N) is 1. The zero-order valence-electron chi connectivity index (χ0n) is 14.5. The van der Waals surface area contributed by atoms with Gasteiger partial charge in [-0.3, -0.25) is 0 Å². The fourth-order valence-corrected chi connectivity index (χ4v) is 3.42. The van der Waals surface area contributed by atoms with Gasteiger partial charge in [0.1, 0.15) is 17.4 Å². The Morgan fingerprint density at radius 3 is 2.78 bits per heavy atom. The third-order valence-electron chi connectivity index (χ3n) is 3.68. The lowest BCUT2D eigenvalue weighted by Gasteiger charge is -2.10. The number of rotatable bonds is 6. The van der Waals surface area contributed by atoms with Crippen molar-refractivity contribution in [3.05, 3.63) is 63.9 Å². The van der Waals surface area contributed by atoms with Crippen molar-refractivity contribution in [1.82, 2.24) is 4.98 Å². The Hall–Kier alpha value is -2.64. The van der Waals surface area contributed by atoms with Gasteiger partial charge in [0.25, 0.3) is 0 Å². The second-order valence-electron chi connectivity index (χ2n) is 5.39. The molecule has 0 atom stereocenters. The molecule has 0 saturated heterocycles. The van der Waals surface area contributed by atoms with Crippen LogP contribution in [0, 0.1) is 5.82 Å². The van der Waals surface area contributed by atoms with E-state index < -0.39 is 11.8 Å². The number of aromatic nitrogens is 1. The summed E-state index contributed by atoms with van der Waals surface area (Å²) in [6.07, 6.45) is 0. The molecule has 0 N–H and O–H groups in total. The fourth-order valence-electron chi connectivity index (χ4n) is 2.42. The van der Waals surface area contributed by atoms with Crippen LogP contribution in [0.1, 0.15) is 16.1 Å². The normalized spacial score (nSPS) is 10.5. The minimum Gasteiger partial charge on any atom is -0.493 e. The number of para-hydroxylation sites is 1. The molecule has 0 bridgehead atoms. The number of methoxy groups -OCH3 is 2. The van der Waals surface area contributed by atoms with Gasteiger partial charge in [-0.2, -0.15) is 0 Å². The highest BCUT2D eigenvalue weighted by Crippen LogP contribution is 2.39. The van der Waals surface area contributed by atoms with Crippen LogP contribution in [0.5, 0.6) is 11.5 Å². The third kappa shape index (κ3) is 4.20. The van der Waals surface area contributed by atoms with Crippen LogP contribution in [-0.2, 0) is 11.3 Å². The van der Waals surface area contributed by atoms with Gasteiger partial charge in [0.2, 0.25) is 0 Å². The van der Waals surface area contributed by atoms with Crippen molar-refractivity contribution < 1.29 is 23.4 Å². The molecule has 27 heavy (non-hydrogen) atoms. The molecule has 0 spiro atoms. The van der Waals surface area contributed by atoms with E-state index in [-0.39, 0.29) is 17.2 Å². The van der Waals surface area contributed by atoms with Crippen LogP contribution < -0.4 is 9.47 Å². The van der Waals surface area contributed by atoms with Gasteiger partial charge in [-0.15, -0.1) is 11.3 Å². The van der Waals surface area contributed by atoms with Gasteiger partial charge in [-0.1, -0.05) is 17.7 Å². The van der Waals surface area contributed by atoms with E-state index in [1.54, 1.807) is 25.7 Å². The molecule has 2 aromatic carbocycles. The topological polar surface area (TPSA) is 57.7 Å². The molecule has 0 saturated carbocycles. The number of halogens is 2. The molecular weight excluding hydrogens is 393 g/mol. The van der Waals surface area contributed by atoms with E-state index in [0.29, 0.717) is 22.2 Å². The molecule has 1 aromatic heterocycles. The smallest absolute Gasteiger partial charge is 0.341 e. The standard InChI is InChI=1S/C19H15ClFNO4S/c1-24-16-5-3-4-13(17(16)25-2)18-22-12(10-27-18)9-26-19(23)14-8-11(20)6-7-15(14)21/h3-8,10H,9H2,1-2H3. The number of carbonyl (C=O) groups excluding carboxylic acids is 1. The zero-order valence-corrected chi connectivity index (χ0v) is 16.1. The summed E-state index contributed by atoms with van der Waals surface area (Å²) in [6, 6.07) is 9.19. The van der Waals surface area contributed by atoms with Crippen LogP contribution in [0.2, 0.25) is 5.02 Å². The molecule has 0 aliphatic rings. The van der Waals surface area contributed by atoms with Crippen LogP contribution >= 0.6 is 22.9 Å². The molecule has 0 aliphatic heterocycles. The Morgan fingerprint density at radius 1 is 1.22 bits per heavy atom. The van der Waals surface area contributed by atoms with Crippen molar-refractivity contribution in [2.45, 2.75) is 6.61 Å². The lowest BCUT2D eigenvalue weighted by atomic mass is 10.2. The van der Waals surface area contributed by atoms with E-state index >= 15 is 0 Å². The summed E-state index contributed by atoms with van der Waals surface area (Å²) in [4.78, 5) is 16.5. The highest BCUT2D eigenvalue weighted by Gasteiger charge is 2.17. The summed E-state index contributed by atoms with van der Waals surface area (Å²) in [6.45, 7) is -0.0897. The predicted octanol–water partition coefficient (Wildman–Crippen LogP) is 4.98. The molecule has 0 radical (unpaired) electrons. The minimum absolute atomic E-state index is 0.0897. The number of benzene rings is 2. The van der Waals surface area contributed by atoms with E-state index in [1.807, 2.05) is 12.1 Å². The van der Waals surface area contributed by atoms with Crippen molar-refractivity contribution in [1.29, 1.82) is 0 Å². The highest BCUT2D eigenvalue weighted by atomic mass is 35.5. The minimum atomic E-state index is -0.802. The summed E-state index contributed by atoms with van der Waals surface area (Å²) in [5, 5.41) is 2.70. The fraction of sp³-hybridized carbons (Fsp3) is 0.158. The molecule has 0 unspecified atom stereocenters. The Morgan fingerprint density at radius 2 is 2.04 bits per heavy atom. The maximum absolute atomic E-state index is 13.7. The first-order valence-electron chi connectivity index (χ1n) is 7.81. The van der Waals surface area contributed by atoms with Crippen LogP contribution in [-0.4, -0.2) is 25.2 Å². The molecule has 1 heterocycles. The van der Waals surface area contributed by atoms with Crippen LogP contribution in [0.25, 0.3) is 10.6 Å². The summed E-state index contributed by atoms with van der Waals surface area (Å²) in [5.41, 5.74) is 1.09. The van der Waals surface area contributed by atoms with Crippen molar-refractivity contribution in [3.63, 3.8) is 0 Å². The monoisotopic (exact) mass is 407 g/mol. The average molecular weight is 408 g/mol. The van der Waals surface area contributed by atoms with Crippen LogP contribution in [0.15, 0.2) is 41.8 Å². The van der Waals surface area contributed by atoms with E-state index in [2.05, 4.69) is 4.98 Å². The number of hydrogen-bond acceptors (Lipinski definition) is 6. The number of ether oxygens (including phenoxy) is 3. The van der Waals surface area contributed by atoms with Crippen molar-refractivity contribution >= 4 is 28.9 Å². The van der Waals surface area contributed by atoms with Crippen molar-refractivity contribution in [2.75, 3.05) is 14.2 Å². The van der Waals surface area contributed by atoms with Gasteiger partial charge in [0.15, 0.2) is 11.5 Å². The molecule has 3 aromatic rings. The quantitative estimate of drug-likeness (QED) is 0.539. The maximum atomic E-state index is 13.7. The number of thiazole rings is 1. The molecule has 8 heteroatoms. The molecule has 140 valence electrons. The molecule has 0 amide bonds. The molecule has 3 rings (SSSR count). The Bertz CT molecular complexity index is 976. The average Bonchev–Trinajstić information content (AvgIpc) is 3.16. The van der Waals surface area contributed by atoms with Crippen molar-refractivity contribution in [3.8, 4) is 22.1 Å². The van der Waals surface area contributed by atoms with Gasteiger partial charge >= 0.3 is 5.97 Å². The Balaban J connectivity index is 1.75. The molecular formula is C19H15ClFNO4S. The number of carbonyl (C=O) groups is 1. The van der Waals surface area contributed by atoms with Crippen LogP contribution in [0.3, 0.4) is 0 Å². The largest absolute Gasteiger partial charge is 0.493 e. The van der Waals surface area contributed by atoms with Gasteiger partial charge in [0.05, 0.1) is 31.0 Å². The van der Waals surface area contributed by atoms with Crippen molar-refractivity contribution in [2.24, 2.45) is 0 Å². The van der Waals surface area contributed by atoms with E-state index in [4.69, 9.17) is 25.8 Å². The first-order chi connectivity index (χ1) is 13.0. The zero-order chi connectivity index (χ0) is 19.4. The number of hydrogen-bond donors (Lipinski definition) is 0. The maximum Gasteiger partial charge on any atom is 0.341 e. The first-order valence-corrected chi connectivity index (χ1v) is 9.07. The van der Waals surface area contributed by atoms with Crippen LogP contribution in [0.4, 0.5) is 4.39 Å². The molecule has 0 fully saturated rings. The molecule has 0 aliphatic carbocycles. The second-order valence-corrected chi connectivity index (χ2v) is 6.68. The van der Waals surface area contributed by atoms with Gasteiger partial charge < -0.3 is 14.2 Å². The highest BCUT2D eigenvalue weighted by molar-refractivity contribution is 7.13. The molecule has 5 nitrogen and oxygen atoms in total. The Labute approximate surface area is 164 Å². The lowest BCUT2D eigenvalue weighted by Crippen LogP contribution is -2.07. The predicted molar refractivity (Wildman–Crippen MR) is 101 cm³/mol. The number of esters is 1.